The summed E-state index contributed by atoms with van der Waals surface area (Å²) >= 11 is 15.1. The van der Waals surface area contributed by atoms with E-state index in [9.17, 15) is 14.0 Å². The van der Waals surface area contributed by atoms with E-state index in [4.69, 9.17) is 34.7 Å². The standard InChI is InChI=1S/C29H30Cl2FN5O2S/c1-35-25(16-6-17(8-18(30)7-16)29(3-4-29)27(34)39)20-2-5-36(11-22(20)33)26(38)21-9-19(32)10-23(24(21)31)37-12-28(13-37)14-40-15-28/h6-10H,2-5,11-15,33H2,1H3,(H2,34,39). The highest BCUT2D eigenvalue weighted by Gasteiger charge is 2.50. The van der Waals surface area contributed by atoms with Gasteiger partial charge in [0.1, 0.15) is 5.82 Å². The van der Waals surface area contributed by atoms with Crippen LogP contribution in [0.1, 0.15) is 40.7 Å². The van der Waals surface area contributed by atoms with Gasteiger partial charge in [0.2, 0.25) is 5.91 Å². The zero-order valence-corrected chi connectivity index (χ0v) is 24.4. The van der Waals surface area contributed by atoms with Crippen molar-refractivity contribution >= 4 is 58.2 Å². The van der Waals surface area contributed by atoms with Crippen LogP contribution in [0.4, 0.5) is 10.1 Å². The highest BCUT2D eigenvalue weighted by atomic mass is 35.5. The normalized spacial score (nSPS) is 21.2. The quantitative estimate of drug-likeness (QED) is 0.478. The minimum atomic E-state index is -0.690. The Morgan fingerprint density at radius 3 is 2.40 bits per heavy atom. The van der Waals surface area contributed by atoms with Crippen LogP contribution in [0, 0.1) is 11.2 Å². The van der Waals surface area contributed by atoms with E-state index >= 15 is 0 Å². The van der Waals surface area contributed by atoms with Crippen molar-refractivity contribution in [2.45, 2.75) is 24.7 Å². The van der Waals surface area contributed by atoms with E-state index in [0.717, 1.165) is 41.3 Å². The Balaban J connectivity index is 1.24. The first-order valence-electron chi connectivity index (χ1n) is 13.2. The molecule has 0 radical (unpaired) electrons. The molecule has 2 aromatic rings. The first-order chi connectivity index (χ1) is 19.1. The number of hydrogen-bond donors (Lipinski definition) is 2. The van der Waals surface area contributed by atoms with Crippen molar-refractivity contribution < 1.29 is 14.0 Å². The van der Waals surface area contributed by atoms with Gasteiger partial charge in [-0.1, -0.05) is 23.2 Å². The molecule has 0 bridgehead atoms. The van der Waals surface area contributed by atoms with E-state index in [2.05, 4.69) is 9.89 Å². The molecule has 2 amide bonds. The van der Waals surface area contributed by atoms with Crippen molar-refractivity contribution in [3.05, 3.63) is 74.2 Å². The first-order valence-corrected chi connectivity index (χ1v) is 15.1. The van der Waals surface area contributed by atoms with Gasteiger partial charge in [-0.3, -0.25) is 14.6 Å². The van der Waals surface area contributed by atoms with Gasteiger partial charge in [-0.15, -0.1) is 0 Å². The number of amides is 2. The topological polar surface area (TPSA) is 105 Å². The number of primary amides is 1. The molecule has 3 heterocycles. The summed E-state index contributed by atoms with van der Waals surface area (Å²) in [5, 5.41) is 0.751. The number of rotatable bonds is 6. The lowest BCUT2D eigenvalue weighted by atomic mass is 9.82. The Hall–Kier alpha value is -2.75. The molecule has 0 atom stereocenters. The van der Waals surface area contributed by atoms with E-state index in [1.165, 1.54) is 12.1 Å². The molecule has 4 N–H and O–H groups in total. The predicted octanol–water partition coefficient (Wildman–Crippen LogP) is 4.38. The van der Waals surface area contributed by atoms with Crippen LogP contribution in [0.15, 0.2) is 46.6 Å². The summed E-state index contributed by atoms with van der Waals surface area (Å²) in [6.07, 6.45) is 1.81. The van der Waals surface area contributed by atoms with Gasteiger partial charge in [0.15, 0.2) is 0 Å². The molecular weight excluding hydrogens is 572 g/mol. The molecule has 4 aliphatic rings. The van der Waals surface area contributed by atoms with Crippen molar-refractivity contribution in [2.24, 2.45) is 21.9 Å². The summed E-state index contributed by atoms with van der Waals surface area (Å²) in [7, 11) is 1.67. The maximum atomic E-state index is 14.7. The fraction of sp³-hybridized carbons (Fsp3) is 0.414. The summed E-state index contributed by atoms with van der Waals surface area (Å²) in [5.41, 5.74) is 16.0. The Bertz CT molecular complexity index is 1490. The molecule has 1 spiro atoms. The Morgan fingerprint density at radius 1 is 1.10 bits per heavy atom. The average Bonchev–Trinajstić information content (AvgIpc) is 3.67. The third-order valence-electron chi connectivity index (χ3n) is 8.58. The lowest BCUT2D eigenvalue weighted by Gasteiger charge is -2.56. The van der Waals surface area contributed by atoms with Gasteiger partial charge in [-0.25, -0.2) is 4.39 Å². The van der Waals surface area contributed by atoms with E-state index in [-0.39, 0.29) is 28.9 Å². The number of anilines is 1. The third kappa shape index (κ3) is 4.56. The number of hydrogen-bond acceptors (Lipinski definition) is 6. The van der Waals surface area contributed by atoms with Crippen molar-refractivity contribution in [1.29, 1.82) is 0 Å². The monoisotopic (exact) mass is 601 g/mol. The van der Waals surface area contributed by atoms with Gasteiger partial charge in [0, 0.05) is 65.5 Å². The number of nitrogens with two attached hydrogens (primary N) is 2. The maximum Gasteiger partial charge on any atom is 0.255 e. The number of benzene rings is 2. The molecular formula is C29H30Cl2FN5O2S. The fourth-order valence-electron chi connectivity index (χ4n) is 6.11. The minimum Gasteiger partial charge on any atom is -0.400 e. The van der Waals surface area contributed by atoms with Gasteiger partial charge in [-0.05, 0) is 55.2 Å². The van der Waals surface area contributed by atoms with Crippen LogP contribution in [0.2, 0.25) is 10.0 Å². The third-order valence-corrected chi connectivity index (χ3v) is 10.8. The molecule has 0 unspecified atom stereocenters. The average molecular weight is 603 g/mol. The van der Waals surface area contributed by atoms with Crippen molar-refractivity contribution in [2.75, 3.05) is 49.6 Å². The number of nitrogens with zero attached hydrogens (tertiary/aromatic N) is 3. The number of carbonyl (C=O) groups excluding carboxylic acids is 2. The van der Waals surface area contributed by atoms with Crippen molar-refractivity contribution in [3.63, 3.8) is 0 Å². The molecule has 2 saturated heterocycles. The van der Waals surface area contributed by atoms with Crippen molar-refractivity contribution in [3.8, 4) is 0 Å². The van der Waals surface area contributed by atoms with Gasteiger partial charge in [-0.2, -0.15) is 11.8 Å². The molecule has 40 heavy (non-hydrogen) atoms. The Morgan fingerprint density at radius 2 is 1.82 bits per heavy atom. The van der Waals surface area contributed by atoms with Gasteiger partial charge >= 0.3 is 0 Å². The van der Waals surface area contributed by atoms with Crippen LogP contribution in [0.5, 0.6) is 0 Å². The van der Waals surface area contributed by atoms with E-state index < -0.39 is 11.2 Å². The van der Waals surface area contributed by atoms with Gasteiger partial charge in [0.05, 0.1) is 33.9 Å². The highest BCUT2D eigenvalue weighted by Crippen LogP contribution is 2.49. The molecule has 11 heteroatoms. The summed E-state index contributed by atoms with van der Waals surface area (Å²) in [5.74, 6) is 0.996. The van der Waals surface area contributed by atoms with Crippen LogP contribution in [-0.4, -0.2) is 67.2 Å². The lowest BCUT2D eigenvalue weighted by Crippen LogP contribution is -2.63. The zero-order chi connectivity index (χ0) is 28.4. The molecule has 1 saturated carbocycles. The largest absolute Gasteiger partial charge is 0.400 e. The van der Waals surface area contributed by atoms with Crippen LogP contribution in [-0.2, 0) is 10.2 Å². The lowest BCUT2D eigenvalue weighted by molar-refractivity contribution is -0.120. The van der Waals surface area contributed by atoms with E-state index in [1.807, 2.05) is 17.8 Å². The molecule has 3 aliphatic heterocycles. The van der Waals surface area contributed by atoms with Crippen molar-refractivity contribution in [1.82, 2.24) is 4.90 Å². The maximum absolute atomic E-state index is 14.7. The predicted molar refractivity (Wildman–Crippen MR) is 159 cm³/mol. The van der Waals surface area contributed by atoms with Crippen LogP contribution >= 0.6 is 35.0 Å². The second-order valence-corrected chi connectivity index (χ2v) is 13.2. The molecule has 6 rings (SSSR count). The summed E-state index contributed by atoms with van der Waals surface area (Å²) < 4.78 is 14.7. The van der Waals surface area contributed by atoms with Gasteiger partial charge < -0.3 is 21.3 Å². The fourth-order valence-corrected chi connectivity index (χ4v) is 7.80. The van der Waals surface area contributed by atoms with E-state index in [0.29, 0.717) is 53.3 Å². The number of thioether (sulfide) groups is 1. The SMILES string of the molecule is CN=C(C1=C(N)CN(C(=O)c2cc(F)cc(N3CC4(CSC4)C3)c2Cl)CC1)c1cc(Cl)cc(C2(C(N)=O)CC2)c1. The molecule has 3 fully saturated rings. The number of aliphatic imine (C=N–C) groups is 1. The first kappa shape index (κ1) is 27.4. The number of carbonyl (C=O) groups is 2. The minimum absolute atomic E-state index is 0.141. The molecule has 1 aliphatic carbocycles. The molecule has 210 valence electrons. The van der Waals surface area contributed by atoms with Crippen LogP contribution in [0.25, 0.3) is 0 Å². The van der Waals surface area contributed by atoms with Gasteiger partial charge in [0.25, 0.3) is 5.91 Å². The zero-order valence-electron chi connectivity index (χ0n) is 22.1. The summed E-state index contributed by atoms with van der Waals surface area (Å²) in [4.78, 5) is 33.8. The van der Waals surface area contributed by atoms with Crippen LogP contribution < -0.4 is 16.4 Å². The smallest absolute Gasteiger partial charge is 0.255 e. The highest BCUT2D eigenvalue weighted by molar-refractivity contribution is 8.00. The molecule has 7 nitrogen and oxygen atoms in total. The van der Waals surface area contributed by atoms with Crippen LogP contribution in [0.3, 0.4) is 0 Å². The number of halogens is 3. The summed E-state index contributed by atoms with van der Waals surface area (Å²) in [6.45, 7) is 2.16. The Kier molecular flexibility index (Phi) is 6.83. The molecule has 2 aromatic carbocycles. The van der Waals surface area contributed by atoms with E-state index in [1.54, 1.807) is 24.1 Å². The second kappa shape index (κ2) is 9.96. The molecule has 0 aromatic heterocycles. The second-order valence-electron chi connectivity index (χ2n) is 11.4. The Labute approximate surface area is 246 Å². The summed E-state index contributed by atoms with van der Waals surface area (Å²) in [6, 6.07) is 8.08.